The molecule has 1 aliphatic rings. The minimum atomic E-state index is -0.650. The van der Waals surface area contributed by atoms with Crippen molar-refractivity contribution in [1.82, 2.24) is 0 Å². The molecule has 0 aromatic heterocycles. The molecule has 0 spiro atoms. The standard InChI is InChI=1S/C14H16O2/c15-14(16)13-8-4-7-12(9-10-13)11-5-2-1-3-6-11/h1-3,5-7,13H,4,8-10H2,(H,15,16). The fraction of sp³-hybridized carbons (Fsp3) is 0.357. The van der Waals surface area contributed by atoms with E-state index in [1.54, 1.807) is 0 Å². The predicted molar refractivity (Wildman–Crippen MR) is 64.0 cm³/mol. The Kier molecular flexibility index (Phi) is 3.40. The van der Waals surface area contributed by atoms with Crippen molar-refractivity contribution in [2.75, 3.05) is 0 Å². The Labute approximate surface area is 95.6 Å². The van der Waals surface area contributed by atoms with Crippen LogP contribution in [-0.4, -0.2) is 11.1 Å². The van der Waals surface area contributed by atoms with Gasteiger partial charge in [-0.2, -0.15) is 0 Å². The van der Waals surface area contributed by atoms with Gasteiger partial charge < -0.3 is 5.11 Å². The minimum Gasteiger partial charge on any atom is -0.481 e. The van der Waals surface area contributed by atoms with Crippen molar-refractivity contribution < 1.29 is 9.90 Å². The zero-order valence-electron chi connectivity index (χ0n) is 9.23. The van der Waals surface area contributed by atoms with Crippen LogP contribution in [0.4, 0.5) is 0 Å². The molecule has 0 amide bonds. The summed E-state index contributed by atoms with van der Waals surface area (Å²) in [6, 6.07) is 10.2. The quantitative estimate of drug-likeness (QED) is 0.823. The molecule has 0 saturated carbocycles. The van der Waals surface area contributed by atoms with Crippen LogP contribution in [0, 0.1) is 5.92 Å². The zero-order valence-corrected chi connectivity index (χ0v) is 9.23. The van der Waals surface area contributed by atoms with Crippen LogP contribution in [0.15, 0.2) is 36.4 Å². The first kappa shape index (κ1) is 10.9. The van der Waals surface area contributed by atoms with Gasteiger partial charge in [0.1, 0.15) is 0 Å². The van der Waals surface area contributed by atoms with Gasteiger partial charge in [0.05, 0.1) is 5.92 Å². The number of rotatable bonds is 2. The number of carboxylic acid groups (broad SMARTS) is 1. The van der Waals surface area contributed by atoms with Gasteiger partial charge in [-0.05, 0) is 36.8 Å². The van der Waals surface area contributed by atoms with Gasteiger partial charge in [0.25, 0.3) is 0 Å². The molecule has 1 aromatic rings. The fourth-order valence-electron chi connectivity index (χ4n) is 2.20. The summed E-state index contributed by atoms with van der Waals surface area (Å²) in [6.07, 6.45) is 5.47. The molecule has 1 aromatic carbocycles. The minimum absolute atomic E-state index is 0.169. The maximum Gasteiger partial charge on any atom is 0.306 e. The van der Waals surface area contributed by atoms with Crippen molar-refractivity contribution in [3.63, 3.8) is 0 Å². The fourth-order valence-corrected chi connectivity index (χ4v) is 2.20. The Hall–Kier alpha value is -1.57. The van der Waals surface area contributed by atoms with E-state index in [4.69, 9.17) is 5.11 Å². The highest BCUT2D eigenvalue weighted by Gasteiger charge is 2.19. The van der Waals surface area contributed by atoms with Crippen LogP contribution in [-0.2, 0) is 4.79 Å². The van der Waals surface area contributed by atoms with E-state index >= 15 is 0 Å². The molecule has 0 saturated heterocycles. The monoisotopic (exact) mass is 216 g/mol. The van der Waals surface area contributed by atoms with Crippen LogP contribution in [0.25, 0.3) is 5.57 Å². The maximum atomic E-state index is 10.9. The Bertz CT molecular complexity index is 392. The molecule has 2 heteroatoms. The summed E-state index contributed by atoms with van der Waals surface area (Å²) in [5.74, 6) is -0.819. The zero-order chi connectivity index (χ0) is 11.4. The summed E-state index contributed by atoms with van der Waals surface area (Å²) >= 11 is 0. The van der Waals surface area contributed by atoms with E-state index in [-0.39, 0.29) is 5.92 Å². The van der Waals surface area contributed by atoms with Crippen molar-refractivity contribution in [2.24, 2.45) is 5.92 Å². The Morgan fingerprint density at radius 3 is 2.62 bits per heavy atom. The number of benzene rings is 1. The molecule has 0 fully saturated rings. The van der Waals surface area contributed by atoms with E-state index in [0.717, 1.165) is 25.7 Å². The molecular formula is C14H16O2. The predicted octanol–water partition coefficient (Wildman–Crippen LogP) is 3.34. The molecule has 2 rings (SSSR count). The highest BCUT2D eigenvalue weighted by Crippen LogP contribution is 2.28. The van der Waals surface area contributed by atoms with E-state index in [1.165, 1.54) is 11.1 Å². The Morgan fingerprint density at radius 2 is 1.94 bits per heavy atom. The lowest BCUT2D eigenvalue weighted by Gasteiger charge is -2.08. The third kappa shape index (κ3) is 2.51. The lowest BCUT2D eigenvalue weighted by Crippen LogP contribution is -2.12. The molecule has 2 nitrogen and oxygen atoms in total. The Morgan fingerprint density at radius 1 is 1.19 bits per heavy atom. The number of aliphatic carboxylic acids is 1. The molecular weight excluding hydrogens is 200 g/mol. The maximum absolute atomic E-state index is 10.9. The molecule has 1 N–H and O–H groups in total. The largest absolute Gasteiger partial charge is 0.481 e. The van der Waals surface area contributed by atoms with Gasteiger partial charge in [-0.25, -0.2) is 0 Å². The molecule has 1 unspecified atom stereocenters. The average molecular weight is 216 g/mol. The first-order chi connectivity index (χ1) is 7.77. The van der Waals surface area contributed by atoms with E-state index in [0.29, 0.717) is 0 Å². The van der Waals surface area contributed by atoms with Crippen LogP contribution in [0.1, 0.15) is 31.2 Å². The number of allylic oxidation sites excluding steroid dienone is 2. The van der Waals surface area contributed by atoms with E-state index in [1.807, 2.05) is 18.2 Å². The smallest absolute Gasteiger partial charge is 0.306 e. The van der Waals surface area contributed by atoms with E-state index < -0.39 is 5.97 Å². The van der Waals surface area contributed by atoms with Crippen molar-refractivity contribution in [3.05, 3.63) is 42.0 Å². The SMILES string of the molecule is O=C(O)C1CCC=C(c2ccccc2)CC1. The number of carbonyl (C=O) groups is 1. The average Bonchev–Trinajstić information content (AvgIpc) is 2.55. The summed E-state index contributed by atoms with van der Waals surface area (Å²) in [7, 11) is 0. The number of carboxylic acids is 1. The summed E-state index contributed by atoms with van der Waals surface area (Å²) in [5, 5.41) is 9.00. The second-order valence-electron chi connectivity index (χ2n) is 4.25. The van der Waals surface area contributed by atoms with Crippen molar-refractivity contribution in [2.45, 2.75) is 25.7 Å². The molecule has 0 bridgehead atoms. The van der Waals surface area contributed by atoms with Crippen LogP contribution in [0.2, 0.25) is 0 Å². The summed E-state index contributed by atoms with van der Waals surface area (Å²) in [5.41, 5.74) is 2.53. The van der Waals surface area contributed by atoms with Gasteiger partial charge in [0, 0.05) is 0 Å². The normalized spacial score (nSPS) is 21.0. The van der Waals surface area contributed by atoms with Gasteiger partial charge in [0.2, 0.25) is 0 Å². The van der Waals surface area contributed by atoms with Crippen LogP contribution in [0.5, 0.6) is 0 Å². The third-order valence-corrected chi connectivity index (χ3v) is 3.16. The molecule has 84 valence electrons. The lowest BCUT2D eigenvalue weighted by molar-refractivity contribution is -0.142. The number of hydrogen-bond acceptors (Lipinski definition) is 1. The van der Waals surface area contributed by atoms with Crippen molar-refractivity contribution in [3.8, 4) is 0 Å². The highest BCUT2D eigenvalue weighted by atomic mass is 16.4. The summed E-state index contributed by atoms with van der Waals surface area (Å²) in [6.45, 7) is 0. The van der Waals surface area contributed by atoms with Crippen LogP contribution in [0.3, 0.4) is 0 Å². The van der Waals surface area contributed by atoms with Gasteiger partial charge in [-0.3, -0.25) is 4.79 Å². The van der Waals surface area contributed by atoms with Crippen LogP contribution < -0.4 is 0 Å². The van der Waals surface area contributed by atoms with Gasteiger partial charge >= 0.3 is 5.97 Å². The van der Waals surface area contributed by atoms with E-state index in [2.05, 4.69) is 18.2 Å². The van der Waals surface area contributed by atoms with Crippen molar-refractivity contribution in [1.29, 1.82) is 0 Å². The molecule has 0 radical (unpaired) electrons. The first-order valence-electron chi connectivity index (χ1n) is 5.74. The molecule has 1 atom stereocenters. The molecule has 1 aliphatic carbocycles. The molecule has 0 aliphatic heterocycles. The van der Waals surface area contributed by atoms with Gasteiger partial charge in [-0.1, -0.05) is 36.4 Å². The lowest BCUT2D eigenvalue weighted by atomic mass is 9.97. The van der Waals surface area contributed by atoms with Gasteiger partial charge in [-0.15, -0.1) is 0 Å². The third-order valence-electron chi connectivity index (χ3n) is 3.16. The second kappa shape index (κ2) is 4.97. The highest BCUT2D eigenvalue weighted by molar-refractivity contribution is 5.72. The topological polar surface area (TPSA) is 37.3 Å². The van der Waals surface area contributed by atoms with Gasteiger partial charge in [0.15, 0.2) is 0 Å². The number of hydrogen-bond donors (Lipinski definition) is 1. The van der Waals surface area contributed by atoms with E-state index in [9.17, 15) is 4.79 Å². The second-order valence-corrected chi connectivity index (χ2v) is 4.25. The summed E-state index contributed by atoms with van der Waals surface area (Å²) < 4.78 is 0. The summed E-state index contributed by atoms with van der Waals surface area (Å²) in [4.78, 5) is 10.9. The Balaban J connectivity index is 2.09. The van der Waals surface area contributed by atoms with Crippen molar-refractivity contribution >= 4 is 11.5 Å². The molecule has 16 heavy (non-hydrogen) atoms. The molecule has 0 heterocycles. The first-order valence-corrected chi connectivity index (χ1v) is 5.74. The van der Waals surface area contributed by atoms with Crippen LogP contribution >= 0.6 is 0 Å².